The first kappa shape index (κ1) is 9.77. The lowest BCUT2D eigenvalue weighted by atomic mass is 10.1. The summed E-state index contributed by atoms with van der Waals surface area (Å²) < 4.78 is 10.6. The Morgan fingerprint density at radius 3 is 2.73 bits per heavy atom. The molecule has 0 saturated heterocycles. The van der Waals surface area contributed by atoms with Gasteiger partial charge in [-0.1, -0.05) is 11.6 Å². The van der Waals surface area contributed by atoms with Gasteiger partial charge < -0.3 is 9.15 Å². The lowest BCUT2D eigenvalue weighted by Gasteiger charge is -1.97. The summed E-state index contributed by atoms with van der Waals surface area (Å²) in [5.74, 6) is 0.694. The van der Waals surface area contributed by atoms with Crippen molar-refractivity contribution in [2.75, 3.05) is 7.11 Å². The highest BCUT2D eigenvalue weighted by Gasteiger charge is 2.18. The highest BCUT2D eigenvalue weighted by molar-refractivity contribution is 6.01. The van der Waals surface area contributed by atoms with Gasteiger partial charge in [-0.05, 0) is 19.1 Å². The van der Waals surface area contributed by atoms with Crippen molar-refractivity contribution in [2.45, 2.75) is 13.8 Å². The third-order valence-electron chi connectivity index (χ3n) is 2.32. The molecule has 0 radical (unpaired) electrons. The van der Waals surface area contributed by atoms with Gasteiger partial charge in [0.15, 0.2) is 11.5 Å². The van der Waals surface area contributed by atoms with E-state index in [0.29, 0.717) is 11.3 Å². The molecule has 0 N–H and O–H groups in total. The van der Waals surface area contributed by atoms with Crippen LogP contribution in [0.1, 0.15) is 23.0 Å². The van der Waals surface area contributed by atoms with Crippen LogP contribution >= 0.6 is 0 Å². The van der Waals surface area contributed by atoms with Gasteiger partial charge in [-0.15, -0.1) is 0 Å². The maximum absolute atomic E-state index is 11.3. The molecule has 0 fully saturated rings. The number of furan rings is 1. The Kier molecular flexibility index (Phi) is 2.23. The Morgan fingerprint density at radius 1 is 1.40 bits per heavy atom. The molecule has 0 spiro atoms. The van der Waals surface area contributed by atoms with E-state index in [1.807, 2.05) is 25.1 Å². The molecule has 0 aliphatic heterocycles. The van der Waals surface area contributed by atoms with Gasteiger partial charge in [0.1, 0.15) is 5.58 Å². The zero-order valence-corrected chi connectivity index (χ0v) is 8.96. The average Bonchev–Trinajstić information content (AvgIpc) is 2.55. The van der Waals surface area contributed by atoms with Crippen molar-refractivity contribution in [1.29, 1.82) is 0 Å². The Bertz CT molecular complexity index is 523. The van der Waals surface area contributed by atoms with Gasteiger partial charge in [0.25, 0.3) is 0 Å². The monoisotopic (exact) mass is 204 g/mol. The molecule has 3 nitrogen and oxygen atoms in total. The minimum atomic E-state index is -0.124. The highest BCUT2D eigenvalue weighted by Crippen LogP contribution is 2.33. The van der Waals surface area contributed by atoms with E-state index in [1.54, 1.807) is 7.11 Å². The molecule has 15 heavy (non-hydrogen) atoms. The van der Waals surface area contributed by atoms with Crippen molar-refractivity contribution in [3.8, 4) is 5.75 Å². The molecule has 3 heteroatoms. The van der Waals surface area contributed by atoms with Crippen molar-refractivity contribution in [3.63, 3.8) is 0 Å². The fourth-order valence-electron chi connectivity index (χ4n) is 1.62. The number of aryl methyl sites for hydroxylation is 1. The third-order valence-corrected chi connectivity index (χ3v) is 2.32. The molecule has 1 aromatic heterocycles. The standard InChI is InChI=1S/C12H12O3/c1-7-4-5-10-9(6-7)12(14-3)11(15-10)8(2)13/h4-6H,1-3H3. The van der Waals surface area contributed by atoms with E-state index < -0.39 is 0 Å². The number of benzene rings is 1. The second-order valence-corrected chi connectivity index (χ2v) is 3.52. The third kappa shape index (κ3) is 1.50. The van der Waals surface area contributed by atoms with Crippen LogP contribution in [0.15, 0.2) is 22.6 Å². The Hall–Kier alpha value is -1.77. The van der Waals surface area contributed by atoms with E-state index in [2.05, 4.69) is 0 Å². The Balaban J connectivity index is 2.79. The summed E-state index contributed by atoms with van der Waals surface area (Å²) in [6.45, 7) is 3.45. The first-order valence-electron chi connectivity index (χ1n) is 4.71. The van der Waals surface area contributed by atoms with Gasteiger partial charge in [0.2, 0.25) is 5.76 Å². The van der Waals surface area contributed by atoms with Crippen LogP contribution < -0.4 is 4.74 Å². The molecular formula is C12H12O3. The normalized spacial score (nSPS) is 10.6. The van der Waals surface area contributed by atoms with Gasteiger partial charge in [-0.3, -0.25) is 4.79 Å². The molecule has 0 unspecified atom stereocenters. The number of fused-ring (bicyclic) bond motifs is 1. The van der Waals surface area contributed by atoms with Gasteiger partial charge in [0.05, 0.1) is 12.5 Å². The second-order valence-electron chi connectivity index (χ2n) is 3.52. The fourth-order valence-corrected chi connectivity index (χ4v) is 1.62. The van der Waals surface area contributed by atoms with E-state index >= 15 is 0 Å². The van der Waals surface area contributed by atoms with E-state index in [4.69, 9.17) is 9.15 Å². The van der Waals surface area contributed by atoms with E-state index in [-0.39, 0.29) is 11.5 Å². The van der Waals surface area contributed by atoms with Gasteiger partial charge in [0, 0.05) is 6.92 Å². The molecule has 0 aliphatic rings. The topological polar surface area (TPSA) is 39.4 Å². The molecule has 2 rings (SSSR count). The van der Waals surface area contributed by atoms with E-state index in [1.165, 1.54) is 6.92 Å². The maximum atomic E-state index is 11.3. The fraction of sp³-hybridized carbons (Fsp3) is 0.250. The first-order chi connectivity index (χ1) is 7.13. The van der Waals surface area contributed by atoms with Crippen LogP contribution in [0.2, 0.25) is 0 Å². The van der Waals surface area contributed by atoms with E-state index in [0.717, 1.165) is 10.9 Å². The Labute approximate surface area is 87.6 Å². The van der Waals surface area contributed by atoms with Crippen LogP contribution in [0, 0.1) is 6.92 Å². The van der Waals surface area contributed by atoms with Crippen molar-refractivity contribution in [3.05, 3.63) is 29.5 Å². The number of Topliss-reactive ketones (excluding diaryl/α,β-unsaturated/α-hetero) is 1. The van der Waals surface area contributed by atoms with Crippen LogP contribution in [-0.4, -0.2) is 12.9 Å². The minimum Gasteiger partial charge on any atom is -0.492 e. The lowest BCUT2D eigenvalue weighted by molar-refractivity contribution is 0.0985. The quantitative estimate of drug-likeness (QED) is 0.706. The number of hydrogen-bond donors (Lipinski definition) is 0. The van der Waals surface area contributed by atoms with E-state index in [9.17, 15) is 4.79 Å². The van der Waals surface area contributed by atoms with Crippen molar-refractivity contribution >= 4 is 16.8 Å². The molecule has 1 heterocycles. The number of ketones is 1. The van der Waals surface area contributed by atoms with Crippen molar-refractivity contribution in [1.82, 2.24) is 0 Å². The minimum absolute atomic E-state index is 0.124. The summed E-state index contributed by atoms with van der Waals surface area (Å²) in [7, 11) is 1.54. The molecule has 0 saturated carbocycles. The van der Waals surface area contributed by atoms with Gasteiger partial charge in [-0.25, -0.2) is 0 Å². The smallest absolute Gasteiger partial charge is 0.212 e. The van der Waals surface area contributed by atoms with Crippen LogP contribution in [0.25, 0.3) is 11.0 Å². The molecule has 0 aliphatic carbocycles. The van der Waals surface area contributed by atoms with Crippen LogP contribution in [0.4, 0.5) is 0 Å². The molecular weight excluding hydrogens is 192 g/mol. The molecule has 0 atom stereocenters. The molecule has 0 amide bonds. The summed E-state index contributed by atoms with van der Waals surface area (Å²) in [6, 6.07) is 5.74. The molecule has 0 bridgehead atoms. The Morgan fingerprint density at radius 2 is 2.13 bits per heavy atom. The maximum Gasteiger partial charge on any atom is 0.212 e. The van der Waals surface area contributed by atoms with Gasteiger partial charge in [-0.2, -0.15) is 0 Å². The second kappa shape index (κ2) is 3.42. The van der Waals surface area contributed by atoms with Crippen LogP contribution in [-0.2, 0) is 0 Å². The zero-order chi connectivity index (χ0) is 11.0. The predicted octanol–water partition coefficient (Wildman–Crippen LogP) is 2.95. The van der Waals surface area contributed by atoms with Gasteiger partial charge >= 0.3 is 0 Å². The van der Waals surface area contributed by atoms with Crippen molar-refractivity contribution < 1.29 is 13.9 Å². The number of rotatable bonds is 2. The summed E-state index contributed by atoms with van der Waals surface area (Å²) >= 11 is 0. The number of hydrogen-bond acceptors (Lipinski definition) is 3. The number of carbonyl (C=O) groups is 1. The first-order valence-corrected chi connectivity index (χ1v) is 4.71. The summed E-state index contributed by atoms with van der Waals surface area (Å²) in [6.07, 6.45) is 0. The summed E-state index contributed by atoms with van der Waals surface area (Å²) in [5, 5.41) is 0.850. The lowest BCUT2D eigenvalue weighted by Crippen LogP contribution is -1.93. The number of carbonyl (C=O) groups excluding carboxylic acids is 1. The molecule has 2 aromatic rings. The van der Waals surface area contributed by atoms with Crippen LogP contribution in [0.5, 0.6) is 5.75 Å². The SMILES string of the molecule is COc1c(C(C)=O)oc2ccc(C)cc12. The number of ether oxygens (including phenoxy) is 1. The summed E-state index contributed by atoms with van der Waals surface area (Å²) in [4.78, 5) is 11.3. The number of methoxy groups -OCH3 is 1. The molecule has 1 aromatic carbocycles. The summed E-state index contributed by atoms with van der Waals surface area (Å²) in [5.41, 5.74) is 1.79. The average molecular weight is 204 g/mol. The van der Waals surface area contributed by atoms with Crippen LogP contribution in [0.3, 0.4) is 0 Å². The predicted molar refractivity (Wildman–Crippen MR) is 57.5 cm³/mol. The zero-order valence-electron chi connectivity index (χ0n) is 8.96. The largest absolute Gasteiger partial charge is 0.492 e. The highest BCUT2D eigenvalue weighted by atomic mass is 16.5. The van der Waals surface area contributed by atoms with Crippen molar-refractivity contribution in [2.24, 2.45) is 0 Å². The molecule has 78 valence electrons.